The van der Waals surface area contributed by atoms with Crippen LogP contribution in [0.1, 0.15) is 107 Å². The summed E-state index contributed by atoms with van der Waals surface area (Å²) in [6, 6.07) is 0. The second kappa shape index (κ2) is 18.5. The third-order valence-corrected chi connectivity index (χ3v) is 18.9. The van der Waals surface area contributed by atoms with Crippen molar-refractivity contribution in [2.24, 2.45) is 45.3 Å². The lowest BCUT2D eigenvalue weighted by Gasteiger charge is -2.72. The van der Waals surface area contributed by atoms with Crippen LogP contribution in [-0.4, -0.2) is 186 Å². The van der Waals surface area contributed by atoms with E-state index in [4.69, 9.17) is 37.9 Å². The van der Waals surface area contributed by atoms with E-state index >= 15 is 0 Å². The van der Waals surface area contributed by atoms with E-state index in [1.807, 2.05) is 26.8 Å². The van der Waals surface area contributed by atoms with Gasteiger partial charge >= 0.3 is 5.97 Å². The van der Waals surface area contributed by atoms with Crippen molar-refractivity contribution >= 4 is 5.97 Å². The van der Waals surface area contributed by atoms with Gasteiger partial charge in [-0.25, -0.2) is 0 Å². The minimum Gasteiger partial charge on any atom is -0.459 e. The van der Waals surface area contributed by atoms with Crippen LogP contribution in [0.25, 0.3) is 0 Å². The summed E-state index contributed by atoms with van der Waals surface area (Å²) in [6.45, 7) is 17.2. The summed E-state index contributed by atoms with van der Waals surface area (Å²) in [6.07, 6.45) is -18.7. The van der Waals surface area contributed by atoms with Crippen molar-refractivity contribution in [3.05, 3.63) is 11.6 Å². The molecule has 8 fully saturated rings. The van der Waals surface area contributed by atoms with E-state index in [2.05, 4.69) is 34.6 Å². The van der Waals surface area contributed by atoms with Gasteiger partial charge in [0.1, 0.15) is 78.8 Å². The maximum Gasteiger partial charge on any atom is 0.312 e. The predicted octanol–water partition coefficient (Wildman–Crippen LogP) is 0.128. The molecule has 0 bridgehead atoms. The number of carbonyl (C=O) groups excluding carboxylic acids is 1. The molecule has 10 N–H and O–H groups in total. The number of rotatable bonds is 10. The summed E-state index contributed by atoms with van der Waals surface area (Å²) in [5.41, 5.74) is -1.93. The van der Waals surface area contributed by atoms with Gasteiger partial charge in [-0.2, -0.15) is 0 Å². The zero-order valence-corrected chi connectivity index (χ0v) is 40.3. The highest BCUT2D eigenvalue weighted by Gasteiger charge is 2.76. The van der Waals surface area contributed by atoms with Gasteiger partial charge < -0.3 is 89.0 Å². The van der Waals surface area contributed by atoms with Gasteiger partial charge in [-0.1, -0.05) is 46.3 Å². The van der Waals surface area contributed by atoms with Crippen LogP contribution in [0.4, 0.5) is 0 Å². The maximum atomic E-state index is 13.9. The Kier molecular flexibility index (Phi) is 14.4. The van der Waals surface area contributed by atoms with Crippen LogP contribution < -0.4 is 0 Å². The van der Waals surface area contributed by atoms with E-state index in [0.29, 0.717) is 25.7 Å². The summed E-state index contributed by atoms with van der Waals surface area (Å²) >= 11 is 0. The molecule has 0 spiro atoms. The number of carbonyl (C=O) groups is 1. The Morgan fingerprint density at radius 2 is 1.34 bits per heavy atom. The first kappa shape index (κ1) is 51.9. The highest BCUT2D eigenvalue weighted by molar-refractivity contribution is 5.78. The average molecular weight is 959 g/mol. The molecule has 19 nitrogen and oxygen atoms in total. The number of hydrogen-bond donors (Lipinski definition) is 10. The Morgan fingerprint density at radius 1 is 0.701 bits per heavy atom. The van der Waals surface area contributed by atoms with E-state index in [0.717, 1.165) is 24.8 Å². The molecule has 0 amide bonds. The molecule has 0 radical (unpaired) electrons. The molecule has 0 aromatic heterocycles. The number of aliphatic hydroxyl groups excluding tert-OH is 10. The molecule has 3 saturated carbocycles. The lowest BCUT2D eigenvalue weighted by molar-refractivity contribution is -0.384. The van der Waals surface area contributed by atoms with Gasteiger partial charge in [-0.3, -0.25) is 4.79 Å². The first-order valence-corrected chi connectivity index (χ1v) is 24.4. The monoisotopic (exact) mass is 959 g/mol. The lowest BCUT2D eigenvalue weighted by atomic mass is 9.34. The Hall–Kier alpha value is -1.47. The molecular weight excluding hydrogens is 881 g/mol. The van der Waals surface area contributed by atoms with Crippen LogP contribution in [0.2, 0.25) is 0 Å². The number of ether oxygens (including phenoxy) is 8. The summed E-state index contributed by atoms with van der Waals surface area (Å²) in [4.78, 5) is 13.9. The van der Waals surface area contributed by atoms with Crippen molar-refractivity contribution < 1.29 is 93.8 Å². The second-order valence-electron chi connectivity index (χ2n) is 22.9. The highest BCUT2D eigenvalue weighted by atomic mass is 16.8. The third-order valence-electron chi connectivity index (χ3n) is 18.9. The van der Waals surface area contributed by atoms with Crippen LogP contribution in [0, 0.1) is 45.3 Å². The zero-order valence-electron chi connectivity index (χ0n) is 40.3. The molecule has 3 aliphatic carbocycles. The fourth-order valence-electron chi connectivity index (χ4n) is 14.7. The Labute approximate surface area is 392 Å². The zero-order chi connectivity index (χ0) is 49.1. The van der Waals surface area contributed by atoms with Gasteiger partial charge in [-0.05, 0) is 100 Å². The van der Waals surface area contributed by atoms with E-state index in [1.165, 1.54) is 6.92 Å². The summed E-state index contributed by atoms with van der Waals surface area (Å²) in [5, 5.41) is 109. The maximum absolute atomic E-state index is 13.9. The highest BCUT2D eigenvalue weighted by Crippen LogP contribution is 2.75. The van der Waals surface area contributed by atoms with Crippen molar-refractivity contribution in [1.29, 1.82) is 0 Å². The summed E-state index contributed by atoms with van der Waals surface area (Å²) in [5.74, 6) is -0.786. The average Bonchev–Trinajstić information content (AvgIpc) is 3.51. The molecule has 26 atom stereocenters. The van der Waals surface area contributed by atoms with Crippen molar-refractivity contribution in [2.75, 3.05) is 13.2 Å². The van der Waals surface area contributed by atoms with Crippen LogP contribution in [0.5, 0.6) is 0 Å². The second-order valence-corrected chi connectivity index (χ2v) is 22.9. The minimum atomic E-state index is -1.84. The van der Waals surface area contributed by atoms with Gasteiger partial charge in [0.15, 0.2) is 25.2 Å². The topological polar surface area (TPSA) is 293 Å². The molecule has 384 valence electrons. The van der Waals surface area contributed by atoms with Crippen LogP contribution in [-0.2, 0) is 42.7 Å². The number of hydrogen-bond acceptors (Lipinski definition) is 19. The van der Waals surface area contributed by atoms with Crippen molar-refractivity contribution in [3.63, 3.8) is 0 Å². The molecule has 2 unspecified atom stereocenters. The molecule has 0 aromatic carbocycles. The van der Waals surface area contributed by atoms with Crippen LogP contribution in [0.15, 0.2) is 11.6 Å². The molecule has 8 aliphatic rings. The van der Waals surface area contributed by atoms with Gasteiger partial charge in [0.05, 0.1) is 31.3 Å². The summed E-state index contributed by atoms with van der Waals surface area (Å²) in [7, 11) is 0. The molecule has 5 aliphatic heterocycles. The van der Waals surface area contributed by atoms with E-state index in [9.17, 15) is 55.9 Å². The predicted molar refractivity (Wildman–Crippen MR) is 232 cm³/mol. The SMILES string of the molecule is CC(C)=CC[C@H]1OC(=O)[C@H]2[C@H]3CCC4[C@@]5(C)CC[C@H](O[C@@H]6O[C@H](CO[C@@H]7O[C@@H](C)[C@H](O)[C@@H](O)[C@H]7O)[C@@H](O)[C@H](O)[C@H]6O[C@@H]6O[C@H](CO)[C@@H](O)[C@H](O)[C@H]6O)C(C)(C)C5CC[C@@]4(C)[C@]3(C)[C@@H](O)O[C@@]12C. The third kappa shape index (κ3) is 8.19. The summed E-state index contributed by atoms with van der Waals surface area (Å²) < 4.78 is 49.1. The number of esters is 1. The van der Waals surface area contributed by atoms with E-state index < -0.39 is 152 Å². The smallest absolute Gasteiger partial charge is 0.312 e. The molecule has 5 saturated heterocycles. The quantitative estimate of drug-likeness (QED) is 0.0791. The Bertz CT molecular complexity index is 1810. The van der Waals surface area contributed by atoms with Crippen molar-refractivity contribution in [2.45, 2.75) is 223 Å². The fraction of sp³-hybridized carbons (Fsp3) is 0.938. The molecule has 5 heterocycles. The number of aliphatic hydroxyl groups is 10. The fourth-order valence-corrected chi connectivity index (χ4v) is 14.7. The van der Waals surface area contributed by atoms with Crippen molar-refractivity contribution in [1.82, 2.24) is 0 Å². The van der Waals surface area contributed by atoms with Crippen LogP contribution >= 0.6 is 0 Å². The molecule has 8 rings (SSSR count). The Balaban J connectivity index is 1.04. The van der Waals surface area contributed by atoms with E-state index in [1.54, 1.807) is 0 Å². The van der Waals surface area contributed by atoms with Crippen LogP contribution in [0.3, 0.4) is 0 Å². The molecule has 0 aromatic rings. The number of allylic oxidation sites excluding steroid dienone is 1. The standard InChI is InChI=1S/C48H78O19/c1-20(2)10-13-28-48(9)29(39(58)64-28)22-11-12-26-45(6)16-15-27(44(4,5)25(45)14-17-46(26,7)47(22,8)43(59)67-48)65-42-38(66-41-37(57)34(54)31(51)23(18-49)62-41)35(55)32(52)24(63-42)19-60-40-36(56)33(53)30(50)21(3)61-40/h10,21-38,40-43,49-57,59H,11-19H2,1-9H3/t21-,22+,23+,24+,25?,26?,27-,28+,29+,30-,31+,32+,33+,34-,35-,36+,37+,38+,40+,41-,42-,43-,45-,46+,47-,48-/m0/s1. The first-order valence-electron chi connectivity index (χ1n) is 24.4. The molecular formula is C48H78O19. The molecule has 67 heavy (non-hydrogen) atoms. The molecule has 19 heteroatoms. The van der Waals surface area contributed by atoms with Gasteiger partial charge in [0.25, 0.3) is 0 Å². The largest absolute Gasteiger partial charge is 0.459 e. The van der Waals surface area contributed by atoms with Gasteiger partial charge in [0.2, 0.25) is 0 Å². The van der Waals surface area contributed by atoms with E-state index in [-0.39, 0.29) is 29.1 Å². The first-order chi connectivity index (χ1) is 31.3. The van der Waals surface area contributed by atoms with Gasteiger partial charge in [0, 0.05) is 11.8 Å². The normalized spacial score (nSPS) is 55.1. The number of fused-ring (bicyclic) bond motifs is 7. The Morgan fingerprint density at radius 3 is 2.01 bits per heavy atom. The van der Waals surface area contributed by atoms with Gasteiger partial charge in [-0.15, -0.1) is 0 Å². The van der Waals surface area contributed by atoms with Crippen molar-refractivity contribution in [3.8, 4) is 0 Å². The number of cyclic esters (lactones) is 1. The lowest BCUT2D eigenvalue weighted by Crippen LogP contribution is -2.72. The minimum absolute atomic E-state index is 0.0607.